The molecule has 2 aliphatic rings. The lowest BCUT2D eigenvalue weighted by atomic mass is 9.96. The van der Waals surface area contributed by atoms with E-state index in [1.807, 2.05) is 7.05 Å². The van der Waals surface area contributed by atoms with Gasteiger partial charge in [0, 0.05) is 18.8 Å². The topological polar surface area (TPSA) is 76.0 Å². The van der Waals surface area contributed by atoms with Gasteiger partial charge in [0.05, 0.1) is 6.20 Å². The molecule has 3 unspecified atom stereocenters. The molecule has 7 heteroatoms. The summed E-state index contributed by atoms with van der Waals surface area (Å²) in [5.41, 5.74) is 0. The number of fused-ring (bicyclic) bond motifs is 2. The second-order valence-corrected chi connectivity index (χ2v) is 8.01. The van der Waals surface area contributed by atoms with Crippen LogP contribution in [0.1, 0.15) is 32.1 Å². The van der Waals surface area contributed by atoms with Crippen LogP contribution in [-0.4, -0.2) is 37.8 Å². The number of aromatic nitrogens is 2. The van der Waals surface area contributed by atoms with Crippen LogP contribution < -0.4 is 10.0 Å². The summed E-state index contributed by atoms with van der Waals surface area (Å²) >= 11 is 0. The molecule has 0 aromatic carbocycles. The van der Waals surface area contributed by atoms with Gasteiger partial charge >= 0.3 is 0 Å². The molecule has 2 saturated carbocycles. The molecule has 2 bridgehead atoms. The summed E-state index contributed by atoms with van der Waals surface area (Å²) in [6.45, 7) is 1.62. The molecule has 6 nitrogen and oxygen atoms in total. The predicted octanol–water partition coefficient (Wildman–Crippen LogP) is 0.960. The largest absolute Gasteiger partial charge is 0.320 e. The molecule has 118 valence electrons. The second kappa shape index (κ2) is 6.06. The molecule has 2 aliphatic carbocycles. The molecule has 2 N–H and O–H groups in total. The summed E-state index contributed by atoms with van der Waals surface area (Å²) in [5.74, 6) is 1.27. The van der Waals surface area contributed by atoms with Crippen LogP contribution in [0.15, 0.2) is 17.3 Å². The van der Waals surface area contributed by atoms with Crippen molar-refractivity contribution in [2.45, 2.75) is 49.6 Å². The zero-order chi connectivity index (χ0) is 14.9. The van der Waals surface area contributed by atoms with Crippen LogP contribution in [0.4, 0.5) is 0 Å². The Morgan fingerprint density at radius 3 is 2.90 bits per heavy atom. The van der Waals surface area contributed by atoms with Gasteiger partial charge < -0.3 is 5.32 Å². The molecular weight excluding hydrogens is 288 g/mol. The van der Waals surface area contributed by atoms with Crippen molar-refractivity contribution in [3.8, 4) is 0 Å². The highest BCUT2D eigenvalue weighted by molar-refractivity contribution is 7.89. The van der Waals surface area contributed by atoms with E-state index in [9.17, 15) is 8.42 Å². The monoisotopic (exact) mass is 312 g/mol. The number of hydrogen-bond donors (Lipinski definition) is 2. The summed E-state index contributed by atoms with van der Waals surface area (Å²) in [5, 5.41) is 7.21. The van der Waals surface area contributed by atoms with Crippen LogP contribution in [-0.2, 0) is 16.6 Å². The van der Waals surface area contributed by atoms with Crippen LogP contribution in [0.2, 0.25) is 0 Å². The van der Waals surface area contributed by atoms with Gasteiger partial charge in [-0.2, -0.15) is 5.10 Å². The molecule has 0 spiro atoms. The van der Waals surface area contributed by atoms with Gasteiger partial charge in [-0.3, -0.25) is 4.68 Å². The third-order valence-electron chi connectivity index (χ3n) is 4.78. The fraction of sp³-hybridized carbons (Fsp3) is 0.786. The lowest BCUT2D eigenvalue weighted by Gasteiger charge is -2.22. The standard InChI is InChI=1S/C14H24N4O2S/c1-15-5-2-6-18-10-13(9-16-18)21(19,20)17-14-8-11-3-4-12(14)7-11/h9-12,14-15,17H,2-8H2,1H3. The first-order valence-electron chi connectivity index (χ1n) is 7.78. The summed E-state index contributed by atoms with van der Waals surface area (Å²) < 4.78 is 29.5. The summed E-state index contributed by atoms with van der Waals surface area (Å²) in [4.78, 5) is 0.287. The molecule has 3 atom stereocenters. The summed E-state index contributed by atoms with van der Waals surface area (Å²) in [7, 11) is -1.52. The molecule has 2 fully saturated rings. The van der Waals surface area contributed by atoms with E-state index in [2.05, 4.69) is 15.1 Å². The number of sulfonamides is 1. The zero-order valence-electron chi connectivity index (χ0n) is 12.5. The second-order valence-electron chi connectivity index (χ2n) is 6.30. The van der Waals surface area contributed by atoms with E-state index in [0.29, 0.717) is 5.92 Å². The predicted molar refractivity (Wildman–Crippen MR) is 80.3 cm³/mol. The van der Waals surface area contributed by atoms with Crippen molar-refractivity contribution in [2.24, 2.45) is 11.8 Å². The molecule has 0 radical (unpaired) electrons. The first kappa shape index (κ1) is 15.0. The highest BCUT2D eigenvalue weighted by Gasteiger charge is 2.41. The summed E-state index contributed by atoms with van der Waals surface area (Å²) in [6.07, 6.45) is 8.64. The van der Waals surface area contributed by atoms with Crippen molar-refractivity contribution < 1.29 is 8.42 Å². The lowest BCUT2D eigenvalue weighted by molar-refractivity contribution is 0.390. The van der Waals surface area contributed by atoms with Crippen LogP contribution in [0, 0.1) is 11.8 Å². The van der Waals surface area contributed by atoms with E-state index in [1.54, 1.807) is 10.9 Å². The Balaban J connectivity index is 1.62. The number of rotatable bonds is 7. The van der Waals surface area contributed by atoms with Crippen molar-refractivity contribution >= 4 is 10.0 Å². The van der Waals surface area contributed by atoms with Crippen molar-refractivity contribution in [1.82, 2.24) is 19.8 Å². The van der Waals surface area contributed by atoms with Crippen molar-refractivity contribution in [2.75, 3.05) is 13.6 Å². The minimum absolute atomic E-state index is 0.126. The van der Waals surface area contributed by atoms with Crippen LogP contribution >= 0.6 is 0 Å². The van der Waals surface area contributed by atoms with Gasteiger partial charge in [-0.15, -0.1) is 0 Å². The number of nitrogens with zero attached hydrogens (tertiary/aromatic N) is 2. The van der Waals surface area contributed by atoms with E-state index < -0.39 is 10.0 Å². The fourth-order valence-electron chi connectivity index (χ4n) is 3.68. The minimum Gasteiger partial charge on any atom is -0.320 e. The van der Waals surface area contributed by atoms with Crippen LogP contribution in [0.5, 0.6) is 0 Å². The molecule has 21 heavy (non-hydrogen) atoms. The molecule has 0 amide bonds. The van der Waals surface area contributed by atoms with Crippen molar-refractivity contribution in [3.63, 3.8) is 0 Å². The Morgan fingerprint density at radius 1 is 1.38 bits per heavy atom. The maximum absolute atomic E-state index is 12.4. The average molecular weight is 312 g/mol. The zero-order valence-corrected chi connectivity index (χ0v) is 13.3. The van der Waals surface area contributed by atoms with E-state index in [-0.39, 0.29) is 10.9 Å². The first-order chi connectivity index (χ1) is 10.1. The molecule has 0 saturated heterocycles. The van der Waals surface area contributed by atoms with Gasteiger partial charge in [0.15, 0.2) is 0 Å². The Bertz CT molecular complexity index is 584. The normalized spacial score (nSPS) is 28.3. The van der Waals surface area contributed by atoms with Gasteiger partial charge in [0.1, 0.15) is 4.90 Å². The van der Waals surface area contributed by atoms with Crippen molar-refractivity contribution in [3.05, 3.63) is 12.4 Å². The minimum atomic E-state index is -3.42. The third kappa shape index (κ3) is 3.30. The first-order valence-corrected chi connectivity index (χ1v) is 9.26. The molecular formula is C14H24N4O2S. The summed E-state index contributed by atoms with van der Waals surface area (Å²) in [6, 6.07) is 0.126. The lowest BCUT2D eigenvalue weighted by Crippen LogP contribution is -2.38. The average Bonchev–Trinajstić information content (AvgIpc) is 3.13. The molecule has 1 heterocycles. The van der Waals surface area contributed by atoms with E-state index >= 15 is 0 Å². The smallest absolute Gasteiger partial charge is 0.243 e. The quantitative estimate of drug-likeness (QED) is 0.735. The number of hydrogen-bond acceptors (Lipinski definition) is 4. The van der Waals surface area contributed by atoms with Crippen molar-refractivity contribution in [1.29, 1.82) is 0 Å². The van der Waals surface area contributed by atoms with E-state index in [0.717, 1.165) is 31.8 Å². The van der Waals surface area contributed by atoms with Crippen LogP contribution in [0.25, 0.3) is 0 Å². The molecule has 3 rings (SSSR count). The highest BCUT2D eigenvalue weighted by atomic mass is 32.2. The highest BCUT2D eigenvalue weighted by Crippen LogP contribution is 2.44. The molecule has 0 aliphatic heterocycles. The van der Waals surface area contributed by atoms with Gasteiger partial charge in [0.2, 0.25) is 10.0 Å². The SMILES string of the molecule is CNCCCn1cc(S(=O)(=O)NC2CC3CCC2C3)cn1. The van der Waals surface area contributed by atoms with Gasteiger partial charge in [0.25, 0.3) is 0 Å². The fourth-order valence-corrected chi connectivity index (χ4v) is 4.95. The Kier molecular flexibility index (Phi) is 4.33. The number of aryl methyl sites for hydroxylation is 1. The Hall–Kier alpha value is -0.920. The number of nitrogens with one attached hydrogen (secondary N) is 2. The molecule has 1 aromatic heterocycles. The van der Waals surface area contributed by atoms with E-state index in [4.69, 9.17) is 0 Å². The van der Waals surface area contributed by atoms with Gasteiger partial charge in [-0.25, -0.2) is 13.1 Å². The maximum Gasteiger partial charge on any atom is 0.243 e. The Morgan fingerprint density at radius 2 is 2.24 bits per heavy atom. The van der Waals surface area contributed by atoms with Gasteiger partial charge in [-0.05, 0) is 51.1 Å². The Labute approximate surface area is 126 Å². The maximum atomic E-state index is 12.4. The molecule has 1 aromatic rings. The third-order valence-corrected chi connectivity index (χ3v) is 6.22. The van der Waals surface area contributed by atoms with Gasteiger partial charge in [-0.1, -0.05) is 6.42 Å². The van der Waals surface area contributed by atoms with Crippen LogP contribution in [0.3, 0.4) is 0 Å². The van der Waals surface area contributed by atoms with E-state index in [1.165, 1.54) is 25.5 Å².